The Morgan fingerprint density at radius 1 is 1.33 bits per heavy atom. The van der Waals surface area contributed by atoms with Crippen molar-refractivity contribution in [3.05, 3.63) is 29.3 Å². The van der Waals surface area contributed by atoms with E-state index in [-0.39, 0.29) is 36.5 Å². The van der Waals surface area contributed by atoms with Crippen molar-refractivity contribution in [2.75, 3.05) is 32.1 Å². The number of nitrogens with one attached hydrogen (secondary N) is 1. The topological polar surface area (TPSA) is 69.7 Å². The highest BCUT2D eigenvalue weighted by atomic mass is 16.2. The summed E-state index contributed by atoms with van der Waals surface area (Å²) in [5.41, 5.74) is 3.06. The molecule has 0 aromatic heterocycles. The summed E-state index contributed by atoms with van der Waals surface area (Å²) < 4.78 is 0. The summed E-state index contributed by atoms with van der Waals surface area (Å²) in [6.45, 7) is 4.75. The Kier molecular flexibility index (Phi) is 5.59. The fourth-order valence-electron chi connectivity index (χ4n) is 2.95. The van der Waals surface area contributed by atoms with Crippen LogP contribution in [0.4, 0.5) is 5.69 Å². The number of benzene rings is 1. The molecule has 1 N–H and O–H groups in total. The number of hydrogen-bond donors (Lipinski definition) is 1. The van der Waals surface area contributed by atoms with E-state index in [1.807, 2.05) is 32.0 Å². The number of rotatable bonds is 5. The van der Waals surface area contributed by atoms with Crippen molar-refractivity contribution >= 4 is 23.4 Å². The molecule has 0 radical (unpaired) electrons. The van der Waals surface area contributed by atoms with Crippen LogP contribution in [0.1, 0.15) is 24.0 Å². The first-order valence-corrected chi connectivity index (χ1v) is 8.17. The smallest absolute Gasteiger partial charge is 0.227 e. The van der Waals surface area contributed by atoms with Crippen LogP contribution in [0.2, 0.25) is 0 Å². The number of nitrogens with zero attached hydrogens (tertiary/aromatic N) is 2. The van der Waals surface area contributed by atoms with Gasteiger partial charge in [-0.25, -0.2) is 0 Å². The van der Waals surface area contributed by atoms with Crippen LogP contribution in [0.15, 0.2) is 18.2 Å². The van der Waals surface area contributed by atoms with Crippen molar-refractivity contribution in [2.24, 2.45) is 5.92 Å². The van der Waals surface area contributed by atoms with Crippen LogP contribution in [0, 0.1) is 19.8 Å². The lowest BCUT2D eigenvalue weighted by Gasteiger charge is -2.22. The van der Waals surface area contributed by atoms with Gasteiger partial charge in [0.1, 0.15) is 0 Å². The molecule has 1 aliphatic rings. The van der Waals surface area contributed by atoms with Gasteiger partial charge < -0.3 is 15.1 Å². The minimum Gasteiger partial charge on any atom is -0.359 e. The van der Waals surface area contributed by atoms with Crippen molar-refractivity contribution < 1.29 is 14.4 Å². The van der Waals surface area contributed by atoms with Gasteiger partial charge in [-0.1, -0.05) is 12.1 Å². The predicted octanol–water partition coefficient (Wildman–Crippen LogP) is 1.25. The van der Waals surface area contributed by atoms with Crippen LogP contribution in [-0.4, -0.2) is 49.8 Å². The van der Waals surface area contributed by atoms with Crippen molar-refractivity contribution in [3.8, 4) is 0 Å². The lowest BCUT2D eigenvalue weighted by Crippen LogP contribution is -2.37. The molecule has 1 heterocycles. The van der Waals surface area contributed by atoms with E-state index in [0.29, 0.717) is 13.1 Å². The van der Waals surface area contributed by atoms with Crippen LogP contribution in [0.25, 0.3) is 0 Å². The maximum absolute atomic E-state index is 12.5. The van der Waals surface area contributed by atoms with Crippen LogP contribution >= 0.6 is 0 Å². The number of carbonyl (C=O) groups excluding carboxylic acids is 3. The second kappa shape index (κ2) is 7.47. The third-order valence-electron chi connectivity index (χ3n) is 4.67. The summed E-state index contributed by atoms with van der Waals surface area (Å²) in [6.07, 6.45) is 0.483. The van der Waals surface area contributed by atoms with E-state index in [0.717, 1.165) is 16.8 Å². The molecular weight excluding hydrogens is 306 g/mol. The first-order valence-electron chi connectivity index (χ1n) is 8.17. The van der Waals surface area contributed by atoms with Gasteiger partial charge in [0.05, 0.1) is 5.92 Å². The van der Waals surface area contributed by atoms with E-state index in [1.165, 1.54) is 0 Å². The second-order valence-corrected chi connectivity index (χ2v) is 6.31. The summed E-state index contributed by atoms with van der Waals surface area (Å²) >= 11 is 0. The molecule has 1 saturated heterocycles. The average Bonchev–Trinajstić information content (AvgIpc) is 2.95. The molecule has 6 heteroatoms. The number of hydrogen-bond acceptors (Lipinski definition) is 3. The fourth-order valence-corrected chi connectivity index (χ4v) is 2.95. The van der Waals surface area contributed by atoms with Crippen LogP contribution < -0.4 is 10.2 Å². The Morgan fingerprint density at radius 2 is 2.04 bits per heavy atom. The van der Waals surface area contributed by atoms with Crippen molar-refractivity contribution in [1.82, 2.24) is 10.2 Å². The van der Waals surface area contributed by atoms with Crippen LogP contribution in [0.3, 0.4) is 0 Å². The van der Waals surface area contributed by atoms with E-state index < -0.39 is 0 Å². The predicted molar refractivity (Wildman–Crippen MR) is 92.7 cm³/mol. The quantitative estimate of drug-likeness (QED) is 0.883. The number of aryl methyl sites for hydroxylation is 1. The van der Waals surface area contributed by atoms with E-state index in [9.17, 15) is 14.4 Å². The van der Waals surface area contributed by atoms with Gasteiger partial charge in [0.2, 0.25) is 17.7 Å². The zero-order chi connectivity index (χ0) is 17.9. The molecule has 130 valence electrons. The Balaban J connectivity index is 2.05. The SMILES string of the molecule is CNC(=O)CCN(C)C(=O)[C@@H]1CC(=O)N(c2cccc(C)c2C)C1. The highest BCUT2D eigenvalue weighted by molar-refractivity contribution is 6.01. The van der Waals surface area contributed by atoms with Gasteiger partial charge in [0.15, 0.2) is 0 Å². The van der Waals surface area contributed by atoms with Crippen LogP contribution in [-0.2, 0) is 14.4 Å². The lowest BCUT2D eigenvalue weighted by atomic mass is 10.1. The van der Waals surface area contributed by atoms with Gasteiger partial charge in [-0.3, -0.25) is 14.4 Å². The summed E-state index contributed by atoms with van der Waals surface area (Å²) in [4.78, 5) is 39.5. The number of carbonyl (C=O) groups is 3. The third kappa shape index (κ3) is 3.75. The van der Waals surface area contributed by atoms with E-state index in [1.54, 1.807) is 23.9 Å². The van der Waals surface area contributed by atoms with Crippen LogP contribution in [0.5, 0.6) is 0 Å². The number of amides is 3. The second-order valence-electron chi connectivity index (χ2n) is 6.31. The Hall–Kier alpha value is -2.37. The maximum atomic E-state index is 12.5. The molecule has 1 fully saturated rings. The van der Waals surface area contributed by atoms with E-state index in [4.69, 9.17) is 0 Å². The normalized spacial score (nSPS) is 17.1. The fraction of sp³-hybridized carbons (Fsp3) is 0.500. The highest BCUT2D eigenvalue weighted by Crippen LogP contribution is 2.30. The zero-order valence-electron chi connectivity index (χ0n) is 14.8. The third-order valence-corrected chi connectivity index (χ3v) is 4.67. The molecule has 1 atom stereocenters. The average molecular weight is 331 g/mol. The van der Waals surface area contributed by atoms with Gasteiger partial charge in [0, 0.05) is 45.7 Å². The summed E-state index contributed by atoms with van der Waals surface area (Å²) in [6, 6.07) is 5.85. The lowest BCUT2D eigenvalue weighted by molar-refractivity contribution is -0.135. The van der Waals surface area contributed by atoms with Gasteiger partial charge >= 0.3 is 0 Å². The molecule has 0 spiro atoms. The number of anilines is 1. The Bertz CT molecular complexity index is 657. The molecule has 0 unspecified atom stereocenters. The summed E-state index contributed by atoms with van der Waals surface area (Å²) in [5, 5.41) is 2.54. The summed E-state index contributed by atoms with van der Waals surface area (Å²) in [5.74, 6) is -0.567. The van der Waals surface area contributed by atoms with E-state index >= 15 is 0 Å². The molecule has 1 aliphatic heterocycles. The van der Waals surface area contributed by atoms with Gasteiger partial charge in [-0.15, -0.1) is 0 Å². The highest BCUT2D eigenvalue weighted by Gasteiger charge is 2.37. The molecule has 1 aromatic carbocycles. The first kappa shape index (κ1) is 18.0. The molecule has 3 amide bonds. The van der Waals surface area contributed by atoms with Crippen molar-refractivity contribution in [3.63, 3.8) is 0 Å². The Morgan fingerprint density at radius 3 is 2.71 bits per heavy atom. The molecule has 24 heavy (non-hydrogen) atoms. The molecule has 0 saturated carbocycles. The Labute approximate surface area is 142 Å². The first-order chi connectivity index (χ1) is 11.3. The molecule has 1 aromatic rings. The molecule has 2 rings (SSSR count). The van der Waals surface area contributed by atoms with E-state index in [2.05, 4.69) is 5.32 Å². The summed E-state index contributed by atoms with van der Waals surface area (Å²) in [7, 11) is 3.25. The van der Waals surface area contributed by atoms with Gasteiger partial charge in [-0.2, -0.15) is 0 Å². The standard InChI is InChI=1S/C18H25N3O3/c1-12-6-5-7-15(13(12)2)21-11-14(10-17(21)23)18(24)20(4)9-8-16(22)19-3/h5-7,14H,8-11H2,1-4H3,(H,19,22)/t14-/m1/s1. The molecule has 0 aliphatic carbocycles. The zero-order valence-corrected chi connectivity index (χ0v) is 14.8. The molecule has 6 nitrogen and oxygen atoms in total. The monoisotopic (exact) mass is 331 g/mol. The van der Waals surface area contributed by atoms with Crippen molar-refractivity contribution in [2.45, 2.75) is 26.7 Å². The molecule has 0 bridgehead atoms. The minimum absolute atomic E-state index is 0.0262. The van der Waals surface area contributed by atoms with Crippen molar-refractivity contribution in [1.29, 1.82) is 0 Å². The largest absolute Gasteiger partial charge is 0.359 e. The van der Waals surface area contributed by atoms with Gasteiger partial charge in [-0.05, 0) is 31.0 Å². The van der Waals surface area contributed by atoms with Gasteiger partial charge in [0.25, 0.3) is 0 Å². The maximum Gasteiger partial charge on any atom is 0.227 e. The molecular formula is C18H25N3O3. The minimum atomic E-state index is -0.355.